The molecule has 2 rings (SSSR count). The molecule has 0 atom stereocenters. The molecule has 0 aliphatic rings. The highest BCUT2D eigenvalue weighted by Gasteiger charge is 1.97. The van der Waals surface area contributed by atoms with E-state index in [1.165, 1.54) is 5.56 Å². The lowest BCUT2D eigenvalue weighted by Crippen LogP contribution is -2.02. The van der Waals surface area contributed by atoms with Gasteiger partial charge in [0.1, 0.15) is 0 Å². The maximum atomic E-state index is 5.85. The SMILES string of the molecule is NCc1ccc(CNc2ccccc2N)cc1. The van der Waals surface area contributed by atoms with Gasteiger partial charge in [0.05, 0.1) is 11.4 Å². The first kappa shape index (κ1) is 11.5. The van der Waals surface area contributed by atoms with E-state index in [9.17, 15) is 0 Å². The van der Waals surface area contributed by atoms with Crippen molar-refractivity contribution < 1.29 is 0 Å². The first-order valence-corrected chi connectivity index (χ1v) is 5.66. The first-order chi connectivity index (χ1) is 8.29. The van der Waals surface area contributed by atoms with E-state index >= 15 is 0 Å². The number of nitrogen functional groups attached to an aromatic ring is 1. The van der Waals surface area contributed by atoms with Crippen molar-refractivity contribution >= 4 is 11.4 Å². The molecule has 2 aromatic rings. The fraction of sp³-hybridized carbons (Fsp3) is 0.143. The van der Waals surface area contributed by atoms with E-state index in [1.54, 1.807) is 0 Å². The summed E-state index contributed by atoms with van der Waals surface area (Å²) in [4.78, 5) is 0. The summed E-state index contributed by atoms with van der Waals surface area (Å²) in [5.41, 5.74) is 15.5. The summed E-state index contributed by atoms with van der Waals surface area (Å²) in [6.45, 7) is 1.35. The number of nitrogens with two attached hydrogens (primary N) is 2. The second-order valence-electron chi connectivity index (χ2n) is 3.96. The van der Waals surface area contributed by atoms with Crippen molar-refractivity contribution in [3.63, 3.8) is 0 Å². The van der Waals surface area contributed by atoms with Crippen LogP contribution in [0.1, 0.15) is 11.1 Å². The van der Waals surface area contributed by atoms with Crippen LogP contribution in [0.5, 0.6) is 0 Å². The summed E-state index contributed by atoms with van der Waals surface area (Å²) in [6.07, 6.45) is 0. The lowest BCUT2D eigenvalue weighted by atomic mass is 10.1. The molecular formula is C14H17N3. The fourth-order valence-corrected chi connectivity index (χ4v) is 1.65. The maximum absolute atomic E-state index is 5.85. The van der Waals surface area contributed by atoms with Crippen LogP contribution in [0.4, 0.5) is 11.4 Å². The summed E-state index contributed by atoms with van der Waals surface area (Å²) in [7, 11) is 0. The van der Waals surface area contributed by atoms with Crippen LogP contribution in [0.25, 0.3) is 0 Å². The molecule has 0 heterocycles. The minimum atomic E-state index is 0.583. The average molecular weight is 227 g/mol. The highest BCUT2D eigenvalue weighted by molar-refractivity contribution is 5.65. The summed E-state index contributed by atoms with van der Waals surface area (Å²) >= 11 is 0. The molecule has 0 fully saturated rings. The molecule has 0 aliphatic heterocycles. The molecule has 0 radical (unpaired) electrons. The quantitative estimate of drug-likeness (QED) is 0.702. The van der Waals surface area contributed by atoms with E-state index in [4.69, 9.17) is 11.5 Å². The average Bonchev–Trinajstić information content (AvgIpc) is 2.38. The molecule has 3 nitrogen and oxygen atoms in total. The van der Waals surface area contributed by atoms with Gasteiger partial charge in [0, 0.05) is 13.1 Å². The summed E-state index contributed by atoms with van der Waals surface area (Å²) in [6, 6.07) is 16.0. The molecular weight excluding hydrogens is 210 g/mol. The highest BCUT2D eigenvalue weighted by Crippen LogP contribution is 2.17. The topological polar surface area (TPSA) is 64.1 Å². The molecule has 0 saturated carbocycles. The van der Waals surface area contributed by atoms with Gasteiger partial charge in [-0.25, -0.2) is 0 Å². The third-order valence-electron chi connectivity index (χ3n) is 2.70. The lowest BCUT2D eigenvalue weighted by Gasteiger charge is -2.09. The number of anilines is 2. The van der Waals surface area contributed by atoms with E-state index in [0.717, 1.165) is 23.5 Å². The Hall–Kier alpha value is -2.00. The molecule has 17 heavy (non-hydrogen) atoms. The van der Waals surface area contributed by atoms with Crippen LogP contribution in [0.3, 0.4) is 0 Å². The number of rotatable bonds is 4. The molecule has 0 spiro atoms. The smallest absolute Gasteiger partial charge is 0.0576 e. The number of benzene rings is 2. The molecule has 5 N–H and O–H groups in total. The molecule has 0 aliphatic carbocycles. The zero-order chi connectivity index (χ0) is 12.1. The van der Waals surface area contributed by atoms with E-state index in [-0.39, 0.29) is 0 Å². The van der Waals surface area contributed by atoms with Crippen LogP contribution in [0, 0.1) is 0 Å². The fourth-order valence-electron chi connectivity index (χ4n) is 1.65. The Morgan fingerprint density at radius 3 is 2.18 bits per heavy atom. The first-order valence-electron chi connectivity index (χ1n) is 5.66. The van der Waals surface area contributed by atoms with Crippen molar-refractivity contribution in [2.24, 2.45) is 5.73 Å². The number of para-hydroxylation sites is 2. The summed E-state index contributed by atoms with van der Waals surface area (Å²) < 4.78 is 0. The molecule has 0 aromatic heterocycles. The van der Waals surface area contributed by atoms with Gasteiger partial charge < -0.3 is 16.8 Å². The van der Waals surface area contributed by atoms with E-state index in [2.05, 4.69) is 17.4 Å². The van der Waals surface area contributed by atoms with Crippen LogP contribution < -0.4 is 16.8 Å². The van der Waals surface area contributed by atoms with Gasteiger partial charge in [-0.15, -0.1) is 0 Å². The largest absolute Gasteiger partial charge is 0.397 e. The van der Waals surface area contributed by atoms with Crippen LogP contribution in [-0.4, -0.2) is 0 Å². The highest BCUT2D eigenvalue weighted by atomic mass is 14.9. The van der Waals surface area contributed by atoms with Gasteiger partial charge >= 0.3 is 0 Å². The van der Waals surface area contributed by atoms with Gasteiger partial charge in [-0.3, -0.25) is 0 Å². The molecule has 0 saturated heterocycles. The second-order valence-corrected chi connectivity index (χ2v) is 3.96. The lowest BCUT2D eigenvalue weighted by molar-refractivity contribution is 1.06. The third kappa shape index (κ3) is 2.98. The Morgan fingerprint density at radius 2 is 1.53 bits per heavy atom. The minimum Gasteiger partial charge on any atom is -0.397 e. The van der Waals surface area contributed by atoms with E-state index in [0.29, 0.717) is 6.54 Å². The number of nitrogens with one attached hydrogen (secondary N) is 1. The zero-order valence-corrected chi connectivity index (χ0v) is 9.69. The Balaban J connectivity index is 2.00. The van der Waals surface area contributed by atoms with Gasteiger partial charge in [-0.1, -0.05) is 36.4 Å². The van der Waals surface area contributed by atoms with Crippen LogP contribution in [0.15, 0.2) is 48.5 Å². The van der Waals surface area contributed by atoms with Crippen molar-refractivity contribution in [2.45, 2.75) is 13.1 Å². The monoisotopic (exact) mass is 227 g/mol. The van der Waals surface area contributed by atoms with Crippen molar-refractivity contribution in [3.8, 4) is 0 Å². The van der Waals surface area contributed by atoms with Crippen molar-refractivity contribution in [1.29, 1.82) is 0 Å². The van der Waals surface area contributed by atoms with Crippen molar-refractivity contribution in [3.05, 3.63) is 59.7 Å². The molecule has 88 valence electrons. The van der Waals surface area contributed by atoms with Gasteiger partial charge in [-0.2, -0.15) is 0 Å². The molecule has 3 heteroatoms. The number of hydrogen-bond donors (Lipinski definition) is 3. The van der Waals surface area contributed by atoms with Crippen molar-refractivity contribution in [1.82, 2.24) is 0 Å². The molecule has 0 bridgehead atoms. The Morgan fingerprint density at radius 1 is 0.882 bits per heavy atom. The predicted octanol–water partition coefficient (Wildman–Crippen LogP) is 2.34. The molecule has 0 unspecified atom stereocenters. The summed E-state index contributed by atoms with van der Waals surface area (Å²) in [5.74, 6) is 0. The Labute approximate surface area is 101 Å². The van der Waals surface area contributed by atoms with Crippen LogP contribution >= 0.6 is 0 Å². The number of hydrogen-bond acceptors (Lipinski definition) is 3. The minimum absolute atomic E-state index is 0.583. The maximum Gasteiger partial charge on any atom is 0.0576 e. The Kier molecular flexibility index (Phi) is 3.62. The molecule has 0 amide bonds. The van der Waals surface area contributed by atoms with E-state index in [1.807, 2.05) is 36.4 Å². The van der Waals surface area contributed by atoms with Crippen LogP contribution in [0.2, 0.25) is 0 Å². The normalized spacial score (nSPS) is 10.2. The van der Waals surface area contributed by atoms with Gasteiger partial charge in [0.25, 0.3) is 0 Å². The van der Waals surface area contributed by atoms with E-state index < -0.39 is 0 Å². The second kappa shape index (κ2) is 5.37. The molecule has 2 aromatic carbocycles. The Bertz CT molecular complexity index is 477. The van der Waals surface area contributed by atoms with Gasteiger partial charge in [0.15, 0.2) is 0 Å². The van der Waals surface area contributed by atoms with Gasteiger partial charge in [0.2, 0.25) is 0 Å². The van der Waals surface area contributed by atoms with Gasteiger partial charge in [-0.05, 0) is 23.3 Å². The zero-order valence-electron chi connectivity index (χ0n) is 9.69. The predicted molar refractivity (Wildman–Crippen MR) is 72.5 cm³/mol. The summed E-state index contributed by atoms with van der Waals surface area (Å²) in [5, 5.41) is 3.31. The van der Waals surface area contributed by atoms with Crippen LogP contribution in [-0.2, 0) is 13.1 Å². The third-order valence-corrected chi connectivity index (χ3v) is 2.70. The standard InChI is InChI=1S/C14H17N3/c15-9-11-5-7-12(8-6-11)10-17-14-4-2-1-3-13(14)16/h1-8,17H,9-10,15-16H2. The van der Waals surface area contributed by atoms with Crippen molar-refractivity contribution in [2.75, 3.05) is 11.1 Å².